The Labute approximate surface area is 205 Å². The molecule has 184 valence electrons. The van der Waals surface area contributed by atoms with Gasteiger partial charge in [0.15, 0.2) is 0 Å². The van der Waals surface area contributed by atoms with Gasteiger partial charge >= 0.3 is 0 Å². The number of hydrogen-bond donors (Lipinski definition) is 1. The fraction of sp³-hybridized carbons (Fsp3) is 0.458. The van der Waals surface area contributed by atoms with Gasteiger partial charge in [-0.05, 0) is 42.9 Å². The first-order valence-electron chi connectivity index (χ1n) is 11.8. The molecule has 0 saturated carbocycles. The largest absolute Gasteiger partial charge is 0.379 e. The van der Waals surface area contributed by atoms with Crippen LogP contribution >= 0.6 is 11.3 Å². The van der Waals surface area contributed by atoms with Crippen LogP contribution in [0.5, 0.6) is 0 Å². The number of non-ortho nitro benzene ring substituents is 1. The summed E-state index contributed by atoms with van der Waals surface area (Å²) in [6.07, 6.45) is 2.84. The lowest BCUT2D eigenvalue weighted by Crippen LogP contribution is -2.39. The van der Waals surface area contributed by atoms with E-state index in [1.165, 1.54) is 33.7 Å². The highest BCUT2D eigenvalue weighted by molar-refractivity contribution is 7.18. The molecule has 0 unspecified atom stereocenters. The van der Waals surface area contributed by atoms with E-state index < -0.39 is 4.92 Å². The number of anilines is 1. The van der Waals surface area contributed by atoms with E-state index in [0.29, 0.717) is 42.6 Å². The number of nitrogens with zero attached hydrogens (tertiary/aromatic N) is 4. The zero-order valence-electron chi connectivity index (χ0n) is 19.5. The van der Waals surface area contributed by atoms with Crippen LogP contribution in [0.1, 0.15) is 29.6 Å². The van der Waals surface area contributed by atoms with Crippen molar-refractivity contribution < 1.29 is 14.5 Å². The van der Waals surface area contributed by atoms with Crippen molar-refractivity contribution in [3.05, 3.63) is 61.0 Å². The number of carbonyl (C=O) groups is 1. The number of nitro benzene ring substituents is 1. The topological polar surface area (TPSA) is 120 Å². The molecule has 5 rings (SSSR count). The average Bonchev–Trinajstić information content (AvgIpc) is 3.20. The molecule has 1 aliphatic heterocycles. The highest BCUT2D eigenvalue weighted by atomic mass is 32.1. The Bertz CT molecular complexity index is 1330. The number of aryl methyl sites for hydroxylation is 1. The lowest BCUT2D eigenvalue weighted by molar-refractivity contribution is -0.384. The second-order valence-electron chi connectivity index (χ2n) is 9.19. The number of thiophene rings is 1. The number of aromatic nitrogens is 2. The Kier molecular flexibility index (Phi) is 6.63. The molecule has 1 fully saturated rings. The molecule has 2 aliphatic rings. The minimum atomic E-state index is -0.494. The highest BCUT2D eigenvalue weighted by Crippen LogP contribution is 2.36. The summed E-state index contributed by atoms with van der Waals surface area (Å²) in [4.78, 5) is 46.1. The summed E-state index contributed by atoms with van der Waals surface area (Å²) in [5.41, 5.74) is 1.28. The first kappa shape index (κ1) is 23.6. The van der Waals surface area contributed by atoms with E-state index in [1.54, 1.807) is 11.3 Å². The second kappa shape index (κ2) is 9.84. The molecule has 10 nitrogen and oxygen atoms in total. The Morgan fingerprint density at radius 3 is 2.74 bits per heavy atom. The van der Waals surface area contributed by atoms with Crippen molar-refractivity contribution in [2.45, 2.75) is 39.3 Å². The molecule has 3 aromatic rings. The number of hydrogen-bond acceptors (Lipinski definition) is 8. The molecule has 0 spiro atoms. The number of nitrogens with one attached hydrogen (secondary N) is 1. The smallest absolute Gasteiger partial charge is 0.269 e. The third kappa shape index (κ3) is 4.97. The average molecular weight is 498 g/mol. The number of morpholine rings is 1. The third-order valence-corrected chi connectivity index (χ3v) is 7.77. The van der Waals surface area contributed by atoms with Gasteiger partial charge in [0, 0.05) is 35.8 Å². The number of amides is 1. The van der Waals surface area contributed by atoms with Crippen LogP contribution in [0.25, 0.3) is 10.2 Å². The van der Waals surface area contributed by atoms with Crippen molar-refractivity contribution >= 4 is 38.8 Å². The predicted octanol–water partition coefficient (Wildman–Crippen LogP) is 2.96. The Balaban J connectivity index is 1.48. The van der Waals surface area contributed by atoms with Gasteiger partial charge in [-0.2, -0.15) is 0 Å². The van der Waals surface area contributed by atoms with Crippen LogP contribution in [-0.2, 0) is 35.5 Å². The van der Waals surface area contributed by atoms with Gasteiger partial charge in [0.2, 0.25) is 5.91 Å². The number of benzene rings is 1. The number of rotatable bonds is 6. The molecule has 3 heterocycles. The van der Waals surface area contributed by atoms with E-state index in [0.717, 1.165) is 42.7 Å². The van der Waals surface area contributed by atoms with Crippen LogP contribution in [0.15, 0.2) is 29.1 Å². The number of nitro groups is 1. The maximum atomic E-state index is 13.7. The van der Waals surface area contributed by atoms with E-state index in [2.05, 4.69) is 17.1 Å². The molecule has 35 heavy (non-hydrogen) atoms. The van der Waals surface area contributed by atoms with Crippen LogP contribution < -0.4 is 10.9 Å². The molecule has 1 saturated heterocycles. The zero-order chi connectivity index (χ0) is 24.5. The van der Waals surface area contributed by atoms with E-state index in [-0.39, 0.29) is 23.7 Å². The summed E-state index contributed by atoms with van der Waals surface area (Å²) >= 11 is 1.60. The van der Waals surface area contributed by atoms with E-state index >= 15 is 0 Å². The maximum absolute atomic E-state index is 13.7. The predicted molar refractivity (Wildman–Crippen MR) is 133 cm³/mol. The molecular weight excluding hydrogens is 470 g/mol. The van der Waals surface area contributed by atoms with Crippen molar-refractivity contribution in [2.75, 3.05) is 31.6 Å². The summed E-state index contributed by atoms with van der Waals surface area (Å²) in [6.45, 7) is 5.22. The fourth-order valence-corrected chi connectivity index (χ4v) is 6.11. The second-order valence-corrected chi connectivity index (χ2v) is 10.3. The quantitative estimate of drug-likeness (QED) is 0.411. The summed E-state index contributed by atoms with van der Waals surface area (Å²) in [6, 6.07) is 5.62. The van der Waals surface area contributed by atoms with Crippen LogP contribution in [0.3, 0.4) is 0 Å². The van der Waals surface area contributed by atoms with Crippen molar-refractivity contribution in [3.63, 3.8) is 0 Å². The van der Waals surface area contributed by atoms with E-state index in [9.17, 15) is 19.7 Å². The van der Waals surface area contributed by atoms with Crippen LogP contribution in [0, 0.1) is 16.0 Å². The van der Waals surface area contributed by atoms with Gasteiger partial charge in [0.05, 0.1) is 30.1 Å². The molecule has 0 bridgehead atoms. The minimum Gasteiger partial charge on any atom is -0.379 e. The molecule has 1 aromatic carbocycles. The molecule has 1 atom stereocenters. The van der Waals surface area contributed by atoms with E-state index in [4.69, 9.17) is 9.72 Å². The van der Waals surface area contributed by atoms with Crippen LogP contribution in [0.2, 0.25) is 0 Å². The van der Waals surface area contributed by atoms with Crippen LogP contribution in [0.4, 0.5) is 11.4 Å². The van der Waals surface area contributed by atoms with Crippen LogP contribution in [-0.4, -0.2) is 51.6 Å². The molecule has 2 aromatic heterocycles. The molecule has 1 N–H and O–H groups in total. The lowest BCUT2D eigenvalue weighted by Gasteiger charge is -2.27. The molecule has 1 amide bonds. The Hall–Kier alpha value is -3.15. The maximum Gasteiger partial charge on any atom is 0.269 e. The Morgan fingerprint density at radius 2 is 2.03 bits per heavy atom. The first-order chi connectivity index (χ1) is 16.9. The lowest BCUT2D eigenvalue weighted by atomic mass is 9.89. The molecular formula is C24H27N5O5S. The van der Waals surface area contributed by atoms with Crippen molar-refractivity contribution in [2.24, 2.45) is 5.92 Å². The van der Waals surface area contributed by atoms with Gasteiger partial charge in [-0.15, -0.1) is 11.3 Å². The fourth-order valence-electron chi connectivity index (χ4n) is 4.72. The summed E-state index contributed by atoms with van der Waals surface area (Å²) in [7, 11) is 0. The molecule has 0 radical (unpaired) electrons. The molecule has 1 aliphatic carbocycles. The summed E-state index contributed by atoms with van der Waals surface area (Å²) in [5.74, 6) is 0.760. The minimum absolute atomic E-state index is 0.0572. The van der Waals surface area contributed by atoms with Gasteiger partial charge < -0.3 is 10.1 Å². The van der Waals surface area contributed by atoms with Gasteiger partial charge in [-0.25, -0.2) is 4.98 Å². The number of ether oxygens (including phenoxy) is 1. The number of fused-ring (bicyclic) bond motifs is 3. The van der Waals surface area contributed by atoms with Gasteiger partial charge in [-0.1, -0.05) is 6.92 Å². The third-order valence-electron chi connectivity index (χ3n) is 6.63. The number of carbonyl (C=O) groups excluding carboxylic acids is 1. The van der Waals surface area contributed by atoms with Gasteiger partial charge in [0.25, 0.3) is 11.2 Å². The van der Waals surface area contributed by atoms with Gasteiger partial charge in [0.1, 0.15) is 17.2 Å². The monoisotopic (exact) mass is 497 g/mol. The highest BCUT2D eigenvalue weighted by Gasteiger charge is 2.26. The molecule has 11 heteroatoms. The van der Waals surface area contributed by atoms with Crippen molar-refractivity contribution in [1.29, 1.82) is 0 Å². The van der Waals surface area contributed by atoms with Crippen molar-refractivity contribution in [3.8, 4) is 0 Å². The van der Waals surface area contributed by atoms with Crippen molar-refractivity contribution in [1.82, 2.24) is 14.5 Å². The SMILES string of the molecule is C[C@@H]1CCc2c(sc3nc(CN4CCOCC4)n(CC(=O)Nc4ccc([N+](=O)[O-])cc4)c(=O)c23)C1. The van der Waals surface area contributed by atoms with Gasteiger partial charge in [-0.3, -0.25) is 29.2 Å². The standard InChI is InChI=1S/C24H27N5O5S/c1-15-2-7-18-19(12-15)35-23-22(18)24(31)28(20(26-23)13-27-8-10-34-11-9-27)14-21(30)25-16-3-5-17(6-4-16)29(32)33/h3-6,15H,2,7-14H2,1H3,(H,25,30)/t15-/m1/s1. The van der Waals surface area contributed by atoms with E-state index in [1.807, 2.05) is 0 Å². The zero-order valence-corrected chi connectivity index (χ0v) is 20.3. The Morgan fingerprint density at radius 1 is 1.29 bits per heavy atom. The normalized spacial score (nSPS) is 18.4. The first-order valence-corrected chi connectivity index (χ1v) is 12.6. The summed E-state index contributed by atoms with van der Waals surface area (Å²) < 4.78 is 6.94. The summed E-state index contributed by atoms with van der Waals surface area (Å²) in [5, 5.41) is 14.3.